The van der Waals surface area contributed by atoms with E-state index in [1.54, 1.807) is 5.53 Å². The summed E-state index contributed by atoms with van der Waals surface area (Å²) in [6.45, 7) is 8.30. The molecule has 0 aromatic heterocycles. The summed E-state index contributed by atoms with van der Waals surface area (Å²) in [5.41, 5.74) is 10.1. The first-order chi connectivity index (χ1) is 20.0. The summed E-state index contributed by atoms with van der Waals surface area (Å²) in [5.74, 6) is 4.39. The maximum absolute atomic E-state index is 12.3. The molecule has 0 spiro atoms. The van der Waals surface area contributed by atoms with E-state index in [-0.39, 0.29) is 34.1 Å². The van der Waals surface area contributed by atoms with Crippen molar-refractivity contribution in [2.45, 2.75) is 73.8 Å². The Balaban J connectivity index is 1.75. The molecule has 0 heterocycles. The average molecular weight is 672 g/mol. The Kier molecular flexibility index (Phi) is 13.0. The Labute approximate surface area is 253 Å². The second kappa shape index (κ2) is 15.5. The maximum atomic E-state index is 12.3. The monoisotopic (exact) mass is 671 g/mol. The largest absolute Gasteiger partial charge is 0.466 e. The number of nitrogens with two attached hydrogens (primary N) is 1. The fourth-order valence-electron chi connectivity index (χ4n) is 4.11. The van der Waals surface area contributed by atoms with Crippen LogP contribution in [0.25, 0.3) is 15.3 Å². The van der Waals surface area contributed by atoms with Crippen molar-refractivity contribution in [3.05, 3.63) is 63.8 Å². The molecule has 2 rings (SSSR count). The van der Waals surface area contributed by atoms with Gasteiger partial charge < -0.3 is 24.0 Å². The van der Waals surface area contributed by atoms with Crippen LogP contribution >= 0.6 is 0 Å². The molecule has 43 heavy (non-hydrogen) atoms. The fraction of sp³-hybridized carbons (Fsp3) is 0.417. The first-order valence-electron chi connectivity index (χ1n) is 13.0. The lowest BCUT2D eigenvalue weighted by Gasteiger charge is -2.34. The lowest BCUT2D eigenvalue weighted by Crippen LogP contribution is -2.44. The first kappa shape index (κ1) is 36.1. The highest BCUT2D eigenvalue weighted by Crippen LogP contribution is 2.26. The zero-order valence-electron chi connectivity index (χ0n) is 24.2. The summed E-state index contributed by atoms with van der Waals surface area (Å²) >= 11 is 0. The van der Waals surface area contributed by atoms with Gasteiger partial charge in [-0.05, 0) is 105 Å². The third-order valence-electron chi connectivity index (χ3n) is 5.90. The Hall–Kier alpha value is -3.14. The molecule has 0 aliphatic carbocycles. The van der Waals surface area contributed by atoms with Crippen LogP contribution in [0.5, 0.6) is 11.5 Å². The van der Waals surface area contributed by atoms with E-state index >= 15 is 0 Å². The summed E-state index contributed by atoms with van der Waals surface area (Å²) in [4.78, 5) is 29.7. The van der Waals surface area contributed by atoms with Crippen molar-refractivity contribution in [3.8, 4) is 11.5 Å². The van der Waals surface area contributed by atoms with E-state index in [0.717, 1.165) is 6.04 Å². The SMILES string of the molecule is C[Si](C)(CCCC(=O)Oc1ccc(S(=O)(=O)N=[N+]=[N-])cc1)O[Si](C)(C)CCCC(=O)Oc1ccc(S(=O)(=O)[N-]NN)cc1. The molecule has 0 saturated heterocycles. The lowest BCUT2D eigenvalue weighted by molar-refractivity contribution is -0.135. The highest BCUT2D eigenvalue weighted by Gasteiger charge is 2.32. The molecule has 15 nitrogen and oxygen atoms in total. The van der Waals surface area contributed by atoms with E-state index in [4.69, 9.17) is 25.0 Å². The molecule has 236 valence electrons. The number of hydrogen-bond acceptors (Lipinski definition) is 11. The van der Waals surface area contributed by atoms with Gasteiger partial charge in [0.2, 0.25) is 0 Å². The number of carbonyl (C=O) groups excluding carboxylic acids is 2. The van der Waals surface area contributed by atoms with Crippen LogP contribution in [-0.4, -0.2) is 45.4 Å². The van der Waals surface area contributed by atoms with Crippen LogP contribution in [0.1, 0.15) is 25.7 Å². The van der Waals surface area contributed by atoms with Crippen LogP contribution in [-0.2, 0) is 33.8 Å². The number of sulfonamides is 2. The molecule has 0 atom stereocenters. The number of hydrogen-bond donors (Lipinski definition) is 2. The minimum Gasteiger partial charge on any atom is -0.466 e. The topological polar surface area (TPSA) is 231 Å². The minimum absolute atomic E-state index is 0.104. The number of carbonyl (C=O) groups is 2. The number of esters is 2. The first-order valence-corrected chi connectivity index (χ1v) is 22.2. The standard InChI is InChI=1S/C24H35N6O9S2Si2/c1-42(2,17-5-7-23(31)37-19-9-13-21(14-10-19)40(33,34)29-27-25)39-43(3,4)18-6-8-24(32)38-20-11-15-22(16-12-20)41(35,36)30-28-26/h9-16,27H,5-8,17-18,25H2,1-4H3/q-1. The van der Waals surface area contributed by atoms with Crippen LogP contribution < -0.4 is 20.9 Å². The number of ether oxygens (including phenoxy) is 2. The summed E-state index contributed by atoms with van der Waals surface area (Å²) in [6.07, 6.45) is 1.43. The van der Waals surface area contributed by atoms with E-state index in [0.29, 0.717) is 18.9 Å². The van der Waals surface area contributed by atoms with Gasteiger partial charge in [-0.2, -0.15) is 0 Å². The Morgan fingerprint density at radius 1 is 0.837 bits per heavy atom. The van der Waals surface area contributed by atoms with Crippen molar-refractivity contribution >= 4 is 48.6 Å². The molecular formula is C24H35N6O9S2Si2-. The summed E-state index contributed by atoms with van der Waals surface area (Å²) < 4.78 is 67.0. The molecule has 2 aromatic rings. The highest BCUT2D eigenvalue weighted by molar-refractivity contribution is 7.93. The zero-order valence-corrected chi connectivity index (χ0v) is 27.9. The van der Waals surface area contributed by atoms with Gasteiger partial charge in [-0.15, -0.1) is 0 Å². The highest BCUT2D eigenvalue weighted by atomic mass is 32.2. The van der Waals surface area contributed by atoms with E-state index in [2.05, 4.69) is 40.5 Å². The normalized spacial score (nSPS) is 12.3. The third-order valence-corrected chi connectivity index (χ3v) is 15.8. The number of azide groups is 1. The zero-order chi connectivity index (χ0) is 32.3. The van der Waals surface area contributed by atoms with Gasteiger partial charge in [-0.3, -0.25) is 15.4 Å². The quantitative estimate of drug-likeness (QED) is 0.0344. The summed E-state index contributed by atoms with van der Waals surface area (Å²) in [7, 11) is -12.3. The second-order valence-electron chi connectivity index (χ2n) is 10.6. The third kappa shape index (κ3) is 12.6. The number of nitrogens with zero attached hydrogens (tertiary/aromatic N) is 4. The van der Waals surface area contributed by atoms with Crippen LogP contribution in [0.15, 0.2) is 62.8 Å². The molecule has 0 saturated carbocycles. The number of benzene rings is 2. The van der Waals surface area contributed by atoms with Crippen molar-refractivity contribution in [2.75, 3.05) is 0 Å². The van der Waals surface area contributed by atoms with Gasteiger partial charge >= 0.3 is 11.9 Å². The molecule has 2 aromatic carbocycles. The van der Waals surface area contributed by atoms with E-state index in [1.807, 2.05) is 0 Å². The van der Waals surface area contributed by atoms with E-state index in [1.165, 1.54) is 48.5 Å². The molecule has 3 N–H and O–H groups in total. The fourth-order valence-corrected chi connectivity index (χ4v) is 14.4. The smallest absolute Gasteiger partial charge is 0.311 e. The van der Waals surface area contributed by atoms with Crippen molar-refractivity contribution < 1.29 is 40.0 Å². The van der Waals surface area contributed by atoms with E-state index in [9.17, 15) is 26.4 Å². The molecule has 0 amide bonds. The van der Waals surface area contributed by atoms with Crippen LogP contribution in [0.3, 0.4) is 0 Å². The molecule has 0 unspecified atom stereocenters. The van der Waals surface area contributed by atoms with Gasteiger partial charge in [0.1, 0.15) is 21.5 Å². The predicted molar refractivity (Wildman–Crippen MR) is 162 cm³/mol. The molecule has 0 bridgehead atoms. The average Bonchev–Trinajstić information content (AvgIpc) is 2.88. The van der Waals surface area contributed by atoms with E-state index < -0.39 is 48.6 Å². The molecular weight excluding hydrogens is 637 g/mol. The molecule has 0 aliphatic heterocycles. The number of hydrazine groups is 1. The molecule has 0 radical (unpaired) electrons. The van der Waals surface area contributed by atoms with Gasteiger partial charge in [0.15, 0.2) is 16.6 Å². The second-order valence-corrected chi connectivity index (χ2v) is 22.6. The molecule has 19 heteroatoms. The van der Waals surface area contributed by atoms with Crippen molar-refractivity contribution in [2.24, 2.45) is 10.4 Å². The Bertz CT molecular complexity index is 1530. The number of nitrogens with one attached hydrogen (secondary N) is 1. The van der Waals surface area contributed by atoms with Crippen molar-refractivity contribution in [1.82, 2.24) is 5.53 Å². The van der Waals surface area contributed by atoms with Crippen molar-refractivity contribution in [3.63, 3.8) is 0 Å². The van der Waals surface area contributed by atoms with Crippen LogP contribution in [0.2, 0.25) is 38.3 Å². The summed E-state index contributed by atoms with van der Waals surface area (Å²) in [5, 5.41) is 0. The van der Waals surface area contributed by atoms with Gasteiger partial charge in [0.05, 0.1) is 4.90 Å². The van der Waals surface area contributed by atoms with Crippen LogP contribution in [0, 0.1) is 0 Å². The molecule has 0 aliphatic rings. The lowest BCUT2D eigenvalue weighted by atomic mass is 10.3. The Morgan fingerprint density at radius 2 is 1.26 bits per heavy atom. The number of rotatable bonds is 17. The van der Waals surface area contributed by atoms with Crippen LogP contribution in [0.4, 0.5) is 0 Å². The maximum Gasteiger partial charge on any atom is 0.311 e. The van der Waals surface area contributed by atoms with Gasteiger partial charge in [-0.1, -0.05) is 0 Å². The van der Waals surface area contributed by atoms with Crippen molar-refractivity contribution in [1.29, 1.82) is 0 Å². The summed E-state index contributed by atoms with van der Waals surface area (Å²) in [6, 6.07) is 11.7. The Morgan fingerprint density at radius 3 is 1.65 bits per heavy atom. The predicted octanol–water partition coefficient (Wildman–Crippen LogP) is 4.62. The van der Waals surface area contributed by atoms with Gasteiger partial charge in [-0.25, -0.2) is 16.8 Å². The minimum atomic E-state index is -4.12. The van der Waals surface area contributed by atoms with Gasteiger partial charge in [0, 0.05) is 27.2 Å². The molecule has 0 fully saturated rings. The van der Waals surface area contributed by atoms with Gasteiger partial charge in [0.25, 0.3) is 10.0 Å².